The number of nitrogens with one attached hydrogen (secondary N) is 2. The van der Waals surface area contributed by atoms with E-state index in [1.807, 2.05) is 23.6 Å². The van der Waals surface area contributed by atoms with E-state index in [0.29, 0.717) is 24.0 Å². The van der Waals surface area contributed by atoms with E-state index in [1.165, 1.54) is 0 Å². The van der Waals surface area contributed by atoms with Crippen LogP contribution in [0.4, 0.5) is 16.4 Å². The van der Waals surface area contributed by atoms with Crippen molar-refractivity contribution in [1.82, 2.24) is 9.97 Å². The van der Waals surface area contributed by atoms with E-state index in [1.54, 1.807) is 48.9 Å². The number of amides is 1. The number of ether oxygens (including phenoxy) is 4. The molecule has 0 saturated carbocycles. The van der Waals surface area contributed by atoms with Gasteiger partial charge in [0.2, 0.25) is 5.95 Å². The highest BCUT2D eigenvalue weighted by Crippen LogP contribution is 2.31. The van der Waals surface area contributed by atoms with Crippen LogP contribution in [0, 0.1) is 0 Å². The Kier molecular flexibility index (Phi) is 5.89. The fraction of sp³-hybridized carbons (Fsp3) is 0.318. The lowest BCUT2D eigenvalue weighted by Crippen LogP contribution is -2.38. The average Bonchev–Trinajstić information content (AvgIpc) is 3.55. The molecule has 10 heteroatoms. The summed E-state index contributed by atoms with van der Waals surface area (Å²) in [4.78, 5) is 22.3. The molecule has 2 N–H and O–H groups in total. The largest absolute Gasteiger partial charge is 0.497 e. The predicted octanol–water partition coefficient (Wildman–Crippen LogP) is 3.41. The van der Waals surface area contributed by atoms with Crippen molar-refractivity contribution in [2.24, 2.45) is 0 Å². The molecule has 166 valence electrons. The van der Waals surface area contributed by atoms with E-state index in [4.69, 9.17) is 18.9 Å². The number of rotatable bonds is 6. The third kappa shape index (κ3) is 4.38. The van der Waals surface area contributed by atoms with Crippen LogP contribution in [-0.4, -0.2) is 60.7 Å². The molecule has 0 bridgehead atoms. The number of aromatic nitrogens is 2. The van der Waals surface area contributed by atoms with Gasteiger partial charge in [-0.3, -0.25) is 5.32 Å². The van der Waals surface area contributed by atoms with E-state index in [2.05, 4.69) is 20.6 Å². The molecule has 1 aromatic carbocycles. The number of methoxy groups -OCH3 is 1. The van der Waals surface area contributed by atoms with Crippen molar-refractivity contribution >= 4 is 29.1 Å². The topological polar surface area (TPSA) is 104 Å². The van der Waals surface area contributed by atoms with Crippen molar-refractivity contribution in [1.29, 1.82) is 0 Å². The van der Waals surface area contributed by atoms with Gasteiger partial charge in [0.05, 0.1) is 36.9 Å². The number of fused-ring (bicyclic) bond motifs is 1. The molecule has 2 fully saturated rings. The molecular weight excluding hydrogens is 432 g/mol. The molecule has 4 heterocycles. The minimum absolute atomic E-state index is 0.142. The molecule has 2 aliphatic rings. The molecule has 0 radical (unpaired) electrons. The molecule has 1 amide bonds. The highest BCUT2D eigenvalue weighted by Gasteiger charge is 2.49. The molecular formula is C22H22N4O5S. The lowest BCUT2D eigenvalue weighted by molar-refractivity contribution is 0.00917. The Labute approximate surface area is 188 Å². The molecule has 4 atom stereocenters. The van der Waals surface area contributed by atoms with Gasteiger partial charge in [-0.05, 0) is 41.8 Å². The average molecular weight is 455 g/mol. The number of hydrogen-bond donors (Lipinski definition) is 2. The van der Waals surface area contributed by atoms with Crippen LogP contribution in [0.15, 0.2) is 54.0 Å². The second kappa shape index (κ2) is 9.11. The molecule has 0 unspecified atom stereocenters. The van der Waals surface area contributed by atoms with Gasteiger partial charge in [-0.15, -0.1) is 11.3 Å². The zero-order valence-corrected chi connectivity index (χ0v) is 18.1. The van der Waals surface area contributed by atoms with Gasteiger partial charge >= 0.3 is 6.09 Å². The van der Waals surface area contributed by atoms with Crippen molar-refractivity contribution in [2.45, 2.75) is 24.4 Å². The van der Waals surface area contributed by atoms with Crippen LogP contribution in [-0.2, 0) is 14.2 Å². The minimum Gasteiger partial charge on any atom is -0.497 e. The van der Waals surface area contributed by atoms with Crippen LogP contribution >= 0.6 is 11.3 Å². The fourth-order valence-corrected chi connectivity index (χ4v) is 4.50. The maximum Gasteiger partial charge on any atom is 0.412 e. The zero-order chi connectivity index (χ0) is 21.9. The van der Waals surface area contributed by atoms with Crippen molar-refractivity contribution in [3.8, 4) is 16.3 Å². The van der Waals surface area contributed by atoms with Crippen LogP contribution in [0.1, 0.15) is 0 Å². The van der Waals surface area contributed by atoms with Gasteiger partial charge in [0, 0.05) is 11.9 Å². The van der Waals surface area contributed by atoms with E-state index < -0.39 is 12.2 Å². The van der Waals surface area contributed by atoms with Crippen LogP contribution < -0.4 is 15.4 Å². The summed E-state index contributed by atoms with van der Waals surface area (Å²) in [5.74, 6) is 1.22. The second-order valence-corrected chi connectivity index (χ2v) is 8.33. The van der Waals surface area contributed by atoms with E-state index in [-0.39, 0.29) is 24.9 Å². The first-order chi connectivity index (χ1) is 15.7. The monoisotopic (exact) mass is 454 g/mol. The SMILES string of the molecule is COc1ccc(NC(=O)O[C@@H]2CO[C@H]3[C@@H]2OC[C@@H]3Nc2nccc(-c3cccs3)n2)cc1. The Bertz CT molecular complexity index is 1060. The summed E-state index contributed by atoms with van der Waals surface area (Å²) in [6, 6.07) is 12.7. The zero-order valence-electron chi connectivity index (χ0n) is 17.3. The van der Waals surface area contributed by atoms with Crippen LogP contribution in [0.3, 0.4) is 0 Å². The fourth-order valence-electron chi connectivity index (χ4n) is 3.80. The van der Waals surface area contributed by atoms with Gasteiger partial charge in [-0.2, -0.15) is 0 Å². The molecule has 3 aromatic rings. The van der Waals surface area contributed by atoms with Crippen molar-refractivity contribution in [3.63, 3.8) is 0 Å². The first-order valence-corrected chi connectivity index (χ1v) is 11.1. The van der Waals surface area contributed by atoms with E-state index in [9.17, 15) is 4.79 Å². The van der Waals surface area contributed by atoms with Crippen LogP contribution in [0.5, 0.6) is 5.75 Å². The van der Waals surface area contributed by atoms with E-state index in [0.717, 1.165) is 10.6 Å². The second-order valence-electron chi connectivity index (χ2n) is 7.39. The Morgan fingerprint density at radius 1 is 1.12 bits per heavy atom. The maximum atomic E-state index is 12.3. The highest BCUT2D eigenvalue weighted by atomic mass is 32.1. The third-order valence-corrected chi connectivity index (χ3v) is 6.24. The highest BCUT2D eigenvalue weighted by molar-refractivity contribution is 7.13. The number of anilines is 2. The minimum atomic E-state index is -0.559. The van der Waals surface area contributed by atoms with Crippen LogP contribution in [0.2, 0.25) is 0 Å². The summed E-state index contributed by atoms with van der Waals surface area (Å²) >= 11 is 1.62. The van der Waals surface area contributed by atoms with Crippen LogP contribution in [0.25, 0.3) is 10.6 Å². The predicted molar refractivity (Wildman–Crippen MR) is 119 cm³/mol. The number of nitrogens with zero attached hydrogens (tertiary/aromatic N) is 2. The van der Waals surface area contributed by atoms with Gasteiger partial charge in [0.15, 0.2) is 6.10 Å². The number of thiophene rings is 1. The number of hydrogen-bond acceptors (Lipinski definition) is 9. The summed E-state index contributed by atoms with van der Waals surface area (Å²) < 4.78 is 22.5. The number of carbonyl (C=O) groups excluding carboxylic acids is 1. The molecule has 2 saturated heterocycles. The molecule has 2 aliphatic heterocycles. The first kappa shape index (κ1) is 20.7. The standard InChI is InChI=1S/C22H22N4O5S/c1-28-14-6-4-13(5-7-14)24-22(27)31-17-12-30-19-16(11-29-20(17)19)26-21-23-9-8-15(25-21)18-3-2-10-32-18/h2-10,16-17,19-20H,11-12H2,1H3,(H,24,27)(H,23,25,26)/t16-,17+,19+,20+/m0/s1. The van der Waals surface area contributed by atoms with Gasteiger partial charge in [0.25, 0.3) is 0 Å². The molecule has 0 spiro atoms. The number of carbonyl (C=O) groups is 1. The number of benzene rings is 1. The van der Waals surface area contributed by atoms with Gasteiger partial charge < -0.3 is 24.3 Å². The molecule has 0 aliphatic carbocycles. The van der Waals surface area contributed by atoms with Crippen molar-refractivity contribution < 1.29 is 23.7 Å². The van der Waals surface area contributed by atoms with E-state index >= 15 is 0 Å². The summed E-state index contributed by atoms with van der Waals surface area (Å²) in [5.41, 5.74) is 1.47. The summed E-state index contributed by atoms with van der Waals surface area (Å²) in [7, 11) is 1.59. The van der Waals surface area contributed by atoms with Crippen molar-refractivity contribution in [2.75, 3.05) is 31.0 Å². The maximum absolute atomic E-state index is 12.3. The van der Waals surface area contributed by atoms with Crippen molar-refractivity contribution in [3.05, 3.63) is 54.0 Å². The Morgan fingerprint density at radius 2 is 1.97 bits per heavy atom. The summed E-state index contributed by atoms with van der Waals surface area (Å²) in [5, 5.41) is 8.02. The normalized spacial score (nSPS) is 24.0. The third-order valence-electron chi connectivity index (χ3n) is 5.35. The molecule has 9 nitrogen and oxygen atoms in total. The molecule has 2 aromatic heterocycles. The molecule has 5 rings (SSSR count). The smallest absolute Gasteiger partial charge is 0.412 e. The first-order valence-electron chi connectivity index (χ1n) is 10.2. The van der Waals surface area contributed by atoms with Gasteiger partial charge in [-0.25, -0.2) is 14.8 Å². The lowest BCUT2D eigenvalue weighted by atomic mass is 10.1. The Hall–Kier alpha value is -3.21. The Morgan fingerprint density at radius 3 is 2.75 bits per heavy atom. The summed E-state index contributed by atoms with van der Waals surface area (Å²) in [6.45, 7) is 0.668. The summed E-state index contributed by atoms with van der Waals surface area (Å²) in [6.07, 6.45) is 0.0556. The molecule has 32 heavy (non-hydrogen) atoms. The quantitative estimate of drug-likeness (QED) is 0.584. The lowest BCUT2D eigenvalue weighted by Gasteiger charge is -2.18. The Balaban J connectivity index is 1.17. The van der Waals surface area contributed by atoms with Gasteiger partial charge in [-0.1, -0.05) is 6.07 Å². The van der Waals surface area contributed by atoms with Gasteiger partial charge in [0.1, 0.15) is 18.0 Å².